The Labute approximate surface area is 143 Å². The molecule has 23 heavy (non-hydrogen) atoms. The molecule has 2 atom stereocenters. The second-order valence-electron chi connectivity index (χ2n) is 7.78. The first-order valence-electron chi connectivity index (χ1n) is 9.22. The van der Waals surface area contributed by atoms with E-state index in [0.29, 0.717) is 17.2 Å². The van der Waals surface area contributed by atoms with Gasteiger partial charge in [0.1, 0.15) is 0 Å². The minimum Gasteiger partial charge on any atom is -0.409 e. The Bertz CT molecular complexity index is 473. The van der Waals surface area contributed by atoms with E-state index >= 15 is 0 Å². The van der Waals surface area contributed by atoms with E-state index in [2.05, 4.69) is 65.8 Å². The van der Waals surface area contributed by atoms with E-state index in [1.165, 1.54) is 23.6 Å². The molecule has 0 saturated carbocycles. The van der Waals surface area contributed by atoms with Crippen LogP contribution in [0.1, 0.15) is 59.4 Å². The van der Waals surface area contributed by atoms with Crippen molar-refractivity contribution in [2.75, 3.05) is 6.61 Å². The maximum atomic E-state index is 6.78. The van der Waals surface area contributed by atoms with Crippen molar-refractivity contribution in [3.63, 3.8) is 0 Å². The molecule has 1 heterocycles. The molecule has 1 aliphatic heterocycles. The number of rotatable bonds is 6. The van der Waals surface area contributed by atoms with Crippen LogP contribution in [0.25, 0.3) is 0 Å². The van der Waals surface area contributed by atoms with Gasteiger partial charge in [0, 0.05) is 0 Å². The van der Waals surface area contributed by atoms with Gasteiger partial charge in [0.2, 0.25) is 8.32 Å². The Morgan fingerprint density at radius 3 is 2.22 bits per heavy atom. The fraction of sp³-hybridized carbons (Fsp3) is 0.700. The first-order chi connectivity index (χ1) is 10.9. The van der Waals surface area contributed by atoms with Crippen molar-refractivity contribution in [2.24, 2.45) is 0 Å². The Morgan fingerprint density at radius 2 is 1.70 bits per heavy atom. The van der Waals surface area contributed by atoms with Gasteiger partial charge in [-0.3, -0.25) is 0 Å². The van der Waals surface area contributed by atoms with Crippen molar-refractivity contribution in [2.45, 2.75) is 84.1 Å². The van der Waals surface area contributed by atoms with Gasteiger partial charge in [-0.15, -0.1) is 0 Å². The molecule has 1 aliphatic rings. The van der Waals surface area contributed by atoms with E-state index in [1.54, 1.807) is 0 Å². The summed E-state index contributed by atoms with van der Waals surface area (Å²) in [7, 11) is -2.04. The van der Waals surface area contributed by atoms with E-state index in [1.807, 2.05) is 0 Å². The standard InChI is InChI=1S/C20H34O2Si/c1-15(2)23(16(3)4,20-12-10-17(5)11-13-20)21-14-19-9-7-8-18(6)22-19/h10-13,15-16,18-19H,7-9,14H2,1-6H3/t18-,19?/m0/s1. The Balaban J connectivity index is 2.21. The third kappa shape index (κ3) is 4.26. The summed E-state index contributed by atoms with van der Waals surface area (Å²) in [4.78, 5) is 0. The van der Waals surface area contributed by atoms with Gasteiger partial charge in [-0.25, -0.2) is 0 Å². The van der Waals surface area contributed by atoms with Gasteiger partial charge in [0.25, 0.3) is 0 Å². The fourth-order valence-electron chi connectivity index (χ4n) is 4.02. The number of aryl methyl sites for hydroxylation is 1. The highest BCUT2D eigenvalue weighted by Crippen LogP contribution is 2.34. The van der Waals surface area contributed by atoms with Crippen LogP contribution in [0.2, 0.25) is 11.1 Å². The molecule has 1 aromatic rings. The van der Waals surface area contributed by atoms with Crippen LogP contribution in [-0.2, 0) is 9.16 Å². The summed E-state index contributed by atoms with van der Waals surface area (Å²) in [6.45, 7) is 14.4. The molecule has 0 aliphatic carbocycles. The van der Waals surface area contributed by atoms with Crippen molar-refractivity contribution in [1.82, 2.24) is 0 Å². The largest absolute Gasteiger partial charge is 0.409 e. The summed E-state index contributed by atoms with van der Waals surface area (Å²) < 4.78 is 12.9. The Kier molecular flexibility index (Phi) is 6.46. The summed E-state index contributed by atoms with van der Waals surface area (Å²) in [6, 6.07) is 9.05. The first kappa shape index (κ1) is 18.7. The second kappa shape index (κ2) is 7.95. The maximum Gasteiger partial charge on any atom is 0.229 e. The number of hydrogen-bond donors (Lipinski definition) is 0. The van der Waals surface area contributed by atoms with E-state index in [4.69, 9.17) is 9.16 Å². The second-order valence-corrected chi connectivity index (χ2v) is 12.5. The summed E-state index contributed by atoms with van der Waals surface area (Å²) in [5, 5.41) is 1.43. The van der Waals surface area contributed by atoms with E-state index in [-0.39, 0.29) is 6.10 Å². The molecule has 3 heteroatoms. The zero-order chi connectivity index (χ0) is 17.0. The van der Waals surface area contributed by atoms with Gasteiger partial charge >= 0.3 is 0 Å². The van der Waals surface area contributed by atoms with Gasteiger partial charge in [-0.2, -0.15) is 0 Å². The lowest BCUT2D eigenvalue weighted by Gasteiger charge is -2.41. The molecule has 2 rings (SSSR count). The van der Waals surface area contributed by atoms with Crippen LogP contribution in [0.3, 0.4) is 0 Å². The van der Waals surface area contributed by atoms with Crippen molar-refractivity contribution in [3.05, 3.63) is 29.8 Å². The van der Waals surface area contributed by atoms with Gasteiger partial charge in [-0.05, 0) is 49.4 Å². The van der Waals surface area contributed by atoms with E-state index in [0.717, 1.165) is 13.0 Å². The molecule has 1 saturated heterocycles. The number of ether oxygens (including phenoxy) is 1. The van der Waals surface area contributed by atoms with Crippen LogP contribution >= 0.6 is 0 Å². The lowest BCUT2D eigenvalue weighted by atomic mass is 10.1. The maximum absolute atomic E-state index is 6.78. The van der Waals surface area contributed by atoms with Crippen LogP contribution in [0.4, 0.5) is 0 Å². The molecule has 2 nitrogen and oxygen atoms in total. The third-order valence-corrected chi connectivity index (χ3v) is 10.6. The van der Waals surface area contributed by atoms with Gasteiger partial charge in [0.15, 0.2) is 0 Å². The van der Waals surface area contributed by atoms with E-state index < -0.39 is 8.32 Å². The highest BCUT2D eigenvalue weighted by Gasteiger charge is 2.44. The minimum absolute atomic E-state index is 0.272. The molecule has 1 fully saturated rings. The van der Waals surface area contributed by atoms with Gasteiger partial charge in [-0.1, -0.05) is 57.5 Å². The van der Waals surface area contributed by atoms with Crippen LogP contribution in [0.15, 0.2) is 24.3 Å². The molecule has 0 amide bonds. The molecular formula is C20H34O2Si. The minimum atomic E-state index is -2.04. The van der Waals surface area contributed by atoms with Crippen molar-refractivity contribution < 1.29 is 9.16 Å². The highest BCUT2D eigenvalue weighted by atomic mass is 28.4. The van der Waals surface area contributed by atoms with Crippen LogP contribution in [-0.4, -0.2) is 27.1 Å². The highest BCUT2D eigenvalue weighted by molar-refractivity contribution is 6.88. The summed E-state index contributed by atoms with van der Waals surface area (Å²) in [5.74, 6) is 0. The van der Waals surface area contributed by atoms with Crippen LogP contribution in [0.5, 0.6) is 0 Å². The van der Waals surface area contributed by atoms with Gasteiger partial charge < -0.3 is 9.16 Å². The molecule has 0 bridgehead atoms. The topological polar surface area (TPSA) is 18.5 Å². The van der Waals surface area contributed by atoms with Crippen LogP contribution in [0, 0.1) is 6.92 Å². The quantitative estimate of drug-likeness (QED) is 0.686. The average molecular weight is 335 g/mol. The van der Waals surface area contributed by atoms with Crippen molar-refractivity contribution in [3.8, 4) is 0 Å². The van der Waals surface area contributed by atoms with Crippen LogP contribution < -0.4 is 5.19 Å². The predicted molar refractivity (Wildman–Crippen MR) is 101 cm³/mol. The molecule has 0 N–H and O–H groups in total. The third-order valence-electron chi connectivity index (χ3n) is 5.29. The zero-order valence-corrected chi connectivity index (χ0v) is 16.8. The molecule has 1 unspecified atom stereocenters. The lowest BCUT2D eigenvalue weighted by Crippen LogP contribution is -2.57. The molecule has 0 radical (unpaired) electrons. The number of hydrogen-bond acceptors (Lipinski definition) is 2. The van der Waals surface area contributed by atoms with E-state index in [9.17, 15) is 0 Å². The first-order valence-corrected chi connectivity index (χ1v) is 11.3. The zero-order valence-electron chi connectivity index (χ0n) is 15.8. The fourth-order valence-corrected chi connectivity index (χ4v) is 8.66. The monoisotopic (exact) mass is 334 g/mol. The lowest BCUT2D eigenvalue weighted by molar-refractivity contribution is -0.0605. The normalized spacial score (nSPS) is 22.8. The molecule has 0 aromatic heterocycles. The molecule has 1 aromatic carbocycles. The van der Waals surface area contributed by atoms with Crippen molar-refractivity contribution >= 4 is 13.5 Å². The Morgan fingerprint density at radius 1 is 1.09 bits per heavy atom. The predicted octanol–water partition coefficient (Wildman–Crippen LogP) is 4.94. The Hall–Kier alpha value is -0.643. The SMILES string of the molecule is Cc1ccc([Si](OCC2CCC[C@H](C)O2)(C(C)C)C(C)C)cc1. The average Bonchev–Trinajstić information content (AvgIpc) is 2.49. The summed E-state index contributed by atoms with van der Waals surface area (Å²) in [5.41, 5.74) is 2.41. The van der Waals surface area contributed by atoms with Crippen molar-refractivity contribution in [1.29, 1.82) is 0 Å². The van der Waals surface area contributed by atoms with Gasteiger partial charge in [0.05, 0.1) is 18.8 Å². The molecule has 0 spiro atoms. The summed E-state index contributed by atoms with van der Waals surface area (Å²) >= 11 is 0. The number of benzene rings is 1. The summed E-state index contributed by atoms with van der Waals surface area (Å²) in [6.07, 6.45) is 4.24. The molecular weight excluding hydrogens is 300 g/mol. The molecule has 130 valence electrons. The smallest absolute Gasteiger partial charge is 0.229 e.